The Morgan fingerprint density at radius 2 is 0.774 bits per heavy atom. The molecule has 0 heterocycles. The molecule has 0 amide bonds. The standard InChI is InChI=1S/C21H45NO6Si3/c1-10-19(29(23-4)24-5)13-16-22(17-14-20(11-2)30(25-6)26-7)18-15-21(12-3)31(27-8)28-9/h10-12,19-21,29-31H,1-3,13-18H2,4-9H3. The molecule has 0 aliphatic carbocycles. The lowest BCUT2D eigenvalue weighted by Gasteiger charge is -2.29. The van der Waals surface area contributed by atoms with Crippen LogP contribution in [0.25, 0.3) is 0 Å². The van der Waals surface area contributed by atoms with E-state index in [2.05, 4.69) is 24.6 Å². The maximum atomic E-state index is 5.58. The Labute approximate surface area is 195 Å². The van der Waals surface area contributed by atoms with Crippen LogP contribution in [-0.4, -0.2) is 95.0 Å². The molecule has 0 fully saturated rings. The summed E-state index contributed by atoms with van der Waals surface area (Å²) in [7, 11) is 5.06. The third-order valence-electron chi connectivity index (χ3n) is 5.69. The minimum Gasteiger partial charge on any atom is -0.400 e. The maximum absolute atomic E-state index is 5.58. The molecule has 0 saturated heterocycles. The van der Waals surface area contributed by atoms with Crippen LogP contribution < -0.4 is 0 Å². The average Bonchev–Trinajstić information content (AvgIpc) is 2.80. The van der Waals surface area contributed by atoms with Crippen molar-refractivity contribution in [3.8, 4) is 0 Å². The predicted octanol–water partition coefficient (Wildman–Crippen LogP) is 2.67. The first-order valence-electron chi connectivity index (χ1n) is 10.8. The zero-order valence-electron chi connectivity index (χ0n) is 20.5. The van der Waals surface area contributed by atoms with Gasteiger partial charge in [-0.3, -0.25) is 0 Å². The second-order valence-electron chi connectivity index (χ2n) is 7.43. The molecule has 7 nitrogen and oxygen atoms in total. The van der Waals surface area contributed by atoms with Gasteiger partial charge in [-0.05, 0) is 38.9 Å². The maximum Gasteiger partial charge on any atom is 0.328 e. The van der Waals surface area contributed by atoms with Crippen molar-refractivity contribution in [2.45, 2.75) is 35.9 Å². The number of nitrogens with zero attached hydrogens (tertiary/aromatic N) is 1. The van der Waals surface area contributed by atoms with E-state index in [1.54, 1.807) is 42.7 Å². The number of hydrogen-bond donors (Lipinski definition) is 0. The van der Waals surface area contributed by atoms with Gasteiger partial charge in [0.2, 0.25) is 0 Å². The van der Waals surface area contributed by atoms with Gasteiger partial charge in [-0.1, -0.05) is 18.2 Å². The fourth-order valence-electron chi connectivity index (χ4n) is 3.76. The largest absolute Gasteiger partial charge is 0.400 e. The molecule has 0 bridgehead atoms. The Kier molecular flexibility index (Phi) is 18.8. The first kappa shape index (κ1) is 30.6. The summed E-state index contributed by atoms with van der Waals surface area (Å²) >= 11 is 0. The summed E-state index contributed by atoms with van der Waals surface area (Å²) < 4.78 is 33.5. The van der Waals surface area contributed by atoms with E-state index < -0.39 is 27.9 Å². The fourth-order valence-corrected chi connectivity index (χ4v) is 8.37. The summed E-state index contributed by atoms with van der Waals surface area (Å²) in [4.78, 5) is 2.48. The second kappa shape index (κ2) is 19.1. The Morgan fingerprint density at radius 3 is 0.935 bits per heavy atom. The van der Waals surface area contributed by atoms with E-state index in [0.717, 1.165) is 38.9 Å². The number of hydrogen-bond acceptors (Lipinski definition) is 7. The molecule has 0 aromatic rings. The lowest BCUT2D eigenvalue weighted by molar-refractivity contribution is 0.229. The highest BCUT2D eigenvalue weighted by Gasteiger charge is 2.26. The van der Waals surface area contributed by atoms with Crippen LogP contribution in [0.2, 0.25) is 16.6 Å². The van der Waals surface area contributed by atoms with Gasteiger partial charge in [-0.15, -0.1) is 19.7 Å². The van der Waals surface area contributed by atoms with E-state index >= 15 is 0 Å². The zero-order chi connectivity index (χ0) is 23.6. The van der Waals surface area contributed by atoms with Gasteiger partial charge in [-0.2, -0.15) is 0 Å². The highest BCUT2D eigenvalue weighted by molar-refractivity contribution is 6.47. The highest BCUT2D eigenvalue weighted by atomic mass is 28.3. The SMILES string of the molecule is C=CC(CCN(CCC(C=C)[SiH](OC)OC)CCC(C=C)[SiH](OC)OC)[SiH](OC)OC. The van der Waals surface area contributed by atoms with Crippen molar-refractivity contribution in [3.05, 3.63) is 38.0 Å². The molecule has 0 radical (unpaired) electrons. The molecule has 0 aliphatic rings. The van der Waals surface area contributed by atoms with Crippen molar-refractivity contribution in [2.24, 2.45) is 0 Å². The van der Waals surface area contributed by atoms with E-state index in [4.69, 9.17) is 26.6 Å². The molecule has 3 atom stereocenters. The second-order valence-corrected chi connectivity index (χ2v) is 15.0. The van der Waals surface area contributed by atoms with Crippen LogP contribution in [0.5, 0.6) is 0 Å². The average molecular weight is 492 g/mol. The van der Waals surface area contributed by atoms with E-state index in [-0.39, 0.29) is 16.6 Å². The minimum atomic E-state index is -1.75. The lowest BCUT2D eigenvalue weighted by Crippen LogP contribution is -2.35. The normalized spacial score (nSPS) is 14.9. The minimum absolute atomic E-state index is 0.253. The van der Waals surface area contributed by atoms with Gasteiger partial charge in [0.25, 0.3) is 0 Å². The zero-order valence-corrected chi connectivity index (χ0v) is 23.9. The number of allylic oxidation sites excluding steroid dienone is 3. The van der Waals surface area contributed by atoms with Gasteiger partial charge in [0.05, 0.1) is 0 Å². The molecule has 0 aliphatic heterocycles. The van der Waals surface area contributed by atoms with E-state index in [9.17, 15) is 0 Å². The summed E-state index contributed by atoms with van der Waals surface area (Å²) in [5.74, 6) is 0. The van der Waals surface area contributed by atoms with Crippen LogP contribution in [0.15, 0.2) is 38.0 Å². The predicted molar refractivity (Wildman–Crippen MR) is 136 cm³/mol. The van der Waals surface area contributed by atoms with Crippen molar-refractivity contribution in [2.75, 3.05) is 62.3 Å². The molecule has 0 rings (SSSR count). The summed E-state index contributed by atoms with van der Waals surface area (Å²) in [5, 5.41) is 0. The van der Waals surface area contributed by atoms with Crippen molar-refractivity contribution in [1.29, 1.82) is 0 Å². The van der Waals surface area contributed by atoms with Gasteiger partial charge in [-0.25, -0.2) is 0 Å². The molecular weight excluding hydrogens is 446 g/mol. The fraction of sp³-hybridized carbons (Fsp3) is 0.714. The topological polar surface area (TPSA) is 58.6 Å². The summed E-state index contributed by atoms with van der Waals surface area (Å²) in [6, 6.07) is 0. The van der Waals surface area contributed by atoms with Crippen LogP contribution in [0.4, 0.5) is 0 Å². The molecule has 0 spiro atoms. The summed E-state index contributed by atoms with van der Waals surface area (Å²) in [6.07, 6.45) is 8.76. The molecule has 182 valence electrons. The molecule has 0 N–H and O–H groups in total. The van der Waals surface area contributed by atoms with Gasteiger partial charge in [0.1, 0.15) is 0 Å². The molecule has 0 aromatic carbocycles. The van der Waals surface area contributed by atoms with E-state index in [1.807, 2.05) is 18.2 Å². The van der Waals surface area contributed by atoms with Crippen molar-refractivity contribution in [1.82, 2.24) is 4.90 Å². The molecule has 10 heteroatoms. The molecule has 0 saturated carbocycles. The quantitative estimate of drug-likeness (QED) is 0.181. The van der Waals surface area contributed by atoms with Crippen LogP contribution in [-0.2, 0) is 26.6 Å². The number of rotatable bonds is 21. The Morgan fingerprint density at radius 1 is 0.548 bits per heavy atom. The van der Waals surface area contributed by atoms with Crippen molar-refractivity contribution >= 4 is 27.9 Å². The van der Waals surface area contributed by atoms with E-state index in [0.29, 0.717) is 0 Å². The Bertz CT molecular complexity index is 409. The lowest BCUT2D eigenvalue weighted by atomic mass is 10.2. The molecular formula is C21H45NO6Si3. The first-order chi connectivity index (χ1) is 15.0. The van der Waals surface area contributed by atoms with Gasteiger partial charge in [0.15, 0.2) is 0 Å². The van der Waals surface area contributed by atoms with Crippen LogP contribution >= 0.6 is 0 Å². The third-order valence-corrected chi connectivity index (χ3v) is 12.4. The van der Waals surface area contributed by atoms with Crippen LogP contribution in [0.1, 0.15) is 19.3 Å². The van der Waals surface area contributed by atoms with Crippen LogP contribution in [0, 0.1) is 0 Å². The summed E-state index contributed by atoms with van der Waals surface area (Å²) in [5.41, 5.74) is 0.758. The first-order valence-corrected chi connectivity index (χ1v) is 15.6. The molecule has 0 aromatic heterocycles. The Balaban J connectivity index is 5.19. The molecule has 3 unspecified atom stereocenters. The Hall–Kier alpha value is -0.409. The third kappa shape index (κ3) is 11.3. The van der Waals surface area contributed by atoms with Crippen molar-refractivity contribution < 1.29 is 26.6 Å². The van der Waals surface area contributed by atoms with Gasteiger partial charge < -0.3 is 31.5 Å². The van der Waals surface area contributed by atoms with Crippen molar-refractivity contribution in [3.63, 3.8) is 0 Å². The van der Waals surface area contributed by atoms with Gasteiger partial charge >= 0.3 is 27.9 Å². The highest BCUT2D eigenvalue weighted by Crippen LogP contribution is 2.23. The smallest absolute Gasteiger partial charge is 0.328 e. The van der Waals surface area contributed by atoms with E-state index in [1.165, 1.54) is 0 Å². The van der Waals surface area contributed by atoms with Gasteiger partial charge in [0, 0.05) is 59.3 Å². The summed E-state index contributed by atoms with van der Waals surface area (Å²) in [6.45, 7) is 14.8. The molecule has 31 heavy (non-hydrogen) atoms. The van der Waals surface area contributed by atoms with Crippen LogP contribution in [0.3, 0.4) is 0 Å². The monoisotopic (exact) mass is 491 g/mol.